The van der Waals surface area contributed by atoms with Crippen LogP contribution in [0.2, 0.25) is 0 Å². The van der Waals surface area contributed by atoms with Crippen molar-refractivity contribution in [3.05, 3.63) is 18.2 Å². The van der Waals surface area contributed by atoms with Gasteiger partial charge in [0.15, 0.2) is 0 Å². The number of halogens is 3. The Hall–Kier alpha value is -1.04. The van der Waals surface area contributed by atoms with Crippen molar-refractivity contribution in [3.8, 4) is 0 Å². The van der Waals surface area contributed by atoms with Crippen molar-refractivity contribution in [3.63, 3.8) is 0 Å². The first kappa shape index (κ1) is 13.0. The Balaban J connectivity index is 2.44. The molecule has 0 aliphatic carbocycles. The van der Waals surface area contributed by atoms with Gasteiger partial charge >= 0.3 is 6.18 Å². The number of aryl methyl sites for hydroxylation is 1. The summed E-state index contributed by atoms with van der Waals surface area (Å²) in [6.07, 6.45) is -0.834. The molecule has 1 heterocycles. The summed E-state index contributed by atoms with van der Waals surface area (Å²) in [7, 11) is 0. The van der Waals surface area contributed by atoms with Gasteiger partial charge in [-0.2, -0.15) is 13.2 Å². The maximum Gasteiger partial charge on any atom is 0.390 e. The second kappa shape index (κ2) is 5.89. The fourth-order valence-electron chi connectivity index (χ4n) is 1.34. The van der Waals surface area contributed by atoms with E-state index in [4.69, 9.17) is 0 Å². The normalized spacial score (nSPS) is 12.0. The molecule has 0 atom stereocenters. The maximum absolute atomic E-state index is 12.0. The second-order valence-electron chi connectivity index (χ2n) is 3.58. The number of hydrogen-bond donors (Lipinski definition) is 1. The van der Waals surface area contributed by atoms with Crippen LogP contribution in [-0.4, -0.2) is 22.3 Å². The van der Waals surface area contributed by atoms with Gasteiger partial charge < -0.3 is 9.88 Å². The summed E-state index contributed by atoms with van der Waals surface area (Å²) in [5, 5.41) is 3.11. The van der Waals surface area contributed by atoms with Crippen LogP contribution in [0.1, 0.15) is 25.6 Å². The van der Waals surface area contributed by atoms with Crippen molar-refractivity contribution < 1.29 is 13.2 Å². The van der Waals surface area contributed by atoms with E-state index in [-0.39, 0.29) is 6.54 Å². The third-order valence-corrected chi connectivity index (χ3v) is 2.15. The van der Waals surface area contributed by atoms with Crippen LogP contribution < -0.4 is 5.32 Å². The van der Waals surface area contributed by atoms with Crippen LogP contribution in [0.3, 0.4) is 0 Å². The molecule has 6 heteroatoms. The molecule has 16 heavy (non-hydrogen) atoms. The van der Waals surface area contributed by atoms with E-state index in [1.807, 2.05) is 6.92 Å². The Morgan fingerprint density at radius 2 is 2.19 bits per heavy atom. The third kappa shape index (κ3) is 4.65. The molecular formula is C10H16F3N3. The fourth-order valence-corrected chi connectivity index (χ4v) is 1.34. The van der Waals surface area contributed by atoms with E-state index in [1.165, 1.54) is 10.8 Å². The van der Waals surface area contributed by atoms with Gasteiger partial charge in [0.2, 0.25) is 0 Å². The minimum Gasteiger partial charge on any atom is -0.334 e. The van der Waals surface area contributed by atoms with Gasteiger partial charge in [0, 0.05) is 18.9 Å². The van der Waals surface area contributed by atoms with Crippen LogP contribution in [0.5, 0.6) is 0 Å². The van der Waals surface area contributed by atoms with Crippen LogP contribution in [0.15, 0.2) is 12.4 Å². The quantitative estimate of drug-likeness (QED) is 0.767. The predicted molar refractivity (Wildman–Crippen MR) is 54.9 cm³/mol. The number of hydrogen-bond acceptors (Lipinski definition) is 2. The van der Waals surface area contributed by atoms with Gasteiger partial charge in [0.05, 0.1) is 13.0 Å². The fraction of sp³-hybridized carbons (Fsp3) is 0.700. The zero-order valence-electron chi connectivity index (χ0n) is 9.22. The summed E-state index contributed by atoms with van der Waals surface area (Å²) in [6.45, 7) is 3.32. The second-order valence-corrected chi connectivity index (χ2v) is 3.58. The molecule has 1 aromatic rings. The molecule has 0 aromatic carbocycles. The minimum absolute atomic E-state index is 0.0629. The molecule has 1 N–H and O–H groups in total. The summed E-state index contributed by atoms with van der Waals surface area (Å²) < 4.78 is 37.6. The van der Waals surface area contributed by atoms with Crippen molar-refractivity contribution in [1.29, 1.82) is 0 Å². The summed E-state index contributed by atoms with van der Waals surface area (Å²) in [4.78, 5) is 4.02. The lowest BCUT2D eigenvalue weighted by Crippen LogP contribution is -2.19. The minimum atomic E-state index is -4.11. The van der Waals surface area contributed by atoms with Gasteiger partial charge in [0.1, 0.15) is 5.82 Å². The first-order chi connectivity index (χ1) is 7.53. The van der Waals surface area contributed by atoms with Gasteiger partial charge in [0.25, 0.3) is 0 Å². The Morgan fingerprint density at radius 3 is 2.81 bits per heavy atom. The van der Waals surface area contributed by atoms with Gasteiger partial charge in [-0.05, 0) is 13.0 Å². The Bertz CT molecular complexity index is 307. The lowest BCUT2D eigenvalue weighted by atomic mass is 10.4. The smallest absolute Gasteiger partial charge is 0.334 e. The average molecular weight is 235 g/mol. The molecule has 0 saturated carbocycles. The van der Waals surface area contributed by atoms with Crippen LogP contribution in [0, 0.1) is 0 Å². The van der Waals surface area contributed by atoms with E-state index >= 15 is 0 Å². The van der Waals surface area contributed by atoms with Gasteiger partial charge in [-0.25, -0.2) is 4.98 Å². The SMILES string of the molecule is CCCNCc1nccn1CCC(F)(F)F. The van der Waals surface area contributed by atoms with Gasteiger partial charge in [-0.1, -0.05) is 6.92 Å². The van der Waals surface area contributed by atoms with Crippen LogP contribution in [0.4, 0.5) is 13.2 Å². The highest BCUT2D eigenvalue weighted by molar-refractivity contribution is 4.92. The summed E-state index contributed by atoms with van der Waals surface area (Å²) >= 11 is 0. The van der Waals surface area contributed by atoms with E-state index in [9.17, 15) is 13.2 Å². The Morgan fingerprint density at radius 1 is 1.44 bits per heavy atom. The lowest BCUT2D eigenvalue weighted by Gasteiger charge is -2.10. The Labute approximate surface area is 92.7 Å². The van der Waals surface area contributed by atoms with Crippen LogP contribution >= 0.6 is 0 Å². The average Bonchev–Trinajstić information content (AvgIpc) is 2.62. The summed E-state index contributed by atoms with van der Waals surface area (Å²) in [5.41, 5.74) is 0. The number of nitrogens with one attached hydrogen (secondary N) is 1. The molecule has 3 nitrogen and oxygen atoms in total. The van der Waals surface area contributed by atoms with Crippen molar-refractivity contribution >= 4 is 0 Å². The van der Waals surface area contributed by atoms with E-state index in [0.717, 1.165) is 13.0 Å². The molecule has 0 spiro atoms. The molecule has 92 valence electrons. The molecule has 0 aliphatic rings. The van der Waals surface area contributed by atoms with Crippen molar-refractivity contribution in [2.24, 2.45) is 0 Å². The van der Waals surface area contributed by atoms with E-state index in [1.54, 1.807) is 6.20 Å². The molecule has 0 fully saturated rings. The van der Waals surface area contributed by atoms with Crippen molar-refractivity contribution in [1.82, 2.24) is 14.9 Å². The van der Waals surface area contributed by atoms with Gasteiger partial charge in [-0.15, -0.1) is 0 Å². The van der Waals surface area contributed by atoms with Crippen molar-refractivity contribution in [2.75, 3.05) is 6.54 Å². The molecular weight excluding hydrogens is 219 g/mol. The van der Waals surface area contributed by atoms with E-state index in [0.29, 0.717) is 12.4 Å². The van der Waals surface area contributed by atoms with Crippen LogP contribution in [0.25, 0.3) is 0 Å². The number of imidazole rings is 1. The molecule has 0 aliphatic heterocycles. The molecule has 1 rings (SSSR count). The zero-order chi connectivity index (χ0) is 12.0. The predicted octanol–water partition coefficient (Wildman–Crippen LogP) is 2.34. The summed E-state index contributed by atoms with van der Waals surface area (Å²) in [5.74, 6) is 0.651. The van der Waals surface area contributed by atoms with Crippen LogP contribution in [-0.2, 0) is 13.1 Å². The number of rotatable bonds is 6. The molecule has 0 saturated heterocycles. The first-order valence-electron chi connectivity index (χ1n) is 5.30. The monoisotopic (exact) mass is 235 g/mol. The summed E-state index contributed by atoms with van der Waals surface area (Å²) in [6, 6.07) is 0. The highest BCUT2D eigenvalue weighted by Crippen LogP contribution is 2.20. The number of nitrogens with zero attached hydrogens (tertiary/aromatic N) is 2. The number of aromatic nitrogens is 2. The molecule has 0 radical (unpaired) electrons. The van der Waals surface area contributed by atoms with Gasteiger partial charge in [-0.3, -0.25) is 0 Å². The first-order valence-corrected chi connectivity index (χ1v) is 5.30. The molecule has 0 bridgehead atoms. The topological polar surface area (TPSA) is 29.9 Å². The van der Waals surface area contributed by atoms with E-state index < -0.39 is 12.6 Å². The zero-order valence-corrected chi connectivity index (χ0v) is 9.22. The highest BCUT2D eigenvalue weighted by Gasteiger charge is 2.26. The largest absolute Gasteiger partial charge is 0.390 e. The maximum atomic E-state index is 12.0. The Kier molecular flexibility index (Phi) is 4.79. The third-order valence-electron chi connectivity index (χ3n) is 2.15. The molecule has 0 amide bonds. The van der Waals surface area contributed by atoms with E-state index in [2.05, 4.69) is 10.3 Å². The number of alkyl halides is 3. The lowest BCUT2D eigenvalue weighted by molar-refractivity contribution is -0.136. The molecule has 0 unspecified atom stereocenters. The standard InChI is InChI=1S/C10H16F3N3/c1-2-4-14-8-9-15-5-7-16(9)6-3-10(11,12)13/h5,7,14H,2-4,6,8H2,1H3. The molecule has 1 aromatic heterocycles. The highest BCUT2D eigenvalue weighted by atomic mass is 19.4. The van der Waals surface area contributed by atoms with Crippen molar-refractivity contribution in [2.45, 2.75) is 39.0 Å².